The molecule has 0 atom stereocenters. The van der Waals surface area contributed by atoms with Gasteiger partial charge in [0.25, 0.3) is 0 Å². The van der Waals surface area contributed by atoms with Crippen LogP contribution in [0.25, 0.3) is 0 Å². The zero-order valence-electron chi connectivity index (χ0n) is 32.9. The van der Waals surface area contributed by atoms with Gasteiger partial charge in [-0.25, -0.2) is 0 Å². The highest BCUT2D eigenvalue weighted by Gasteiger charge is 2.10. The Morgan fingerprint density at radius 1 is 0.423 bits per heavy atom. The van der Waals surface area contributed by atoms with Crippen LogP contribution in [0.1, 0.15) is 196 Å². The lowest BCUT2D eigenvalue weighted by Crippen LogP contribution is -2.12. The molecule has 1 rings (SSSR count). The van der Waals surface area contributed by atoms with E-state index in [1.54, 1.807) is 0 Å². The molecule has 0 fully saturated rings. The maximum Gasteiger partial charge on any atom is 0.306 e. The number of unbranched alkanes of at least 4 members (excludes halogenated alkanes) is 22. The fourth-order valence-corrected chi connectivity index (χ4v) is 6.56. The average molecular weight is 732 g/mol. The topological polar surface area (TPSA) is 130 Å². The molecular formula is C43H73NO8. The Kier molecular flexibility index (Phi) is 29.6. The van der Waals surface area contributed by atoms with Crippen molar-refractivity contribution in [2.75, 3.05) is 14.1 Å². The third kappa shape index (κ3) is 30.7. The standard InChI is InChI=1S/C43H73NO8/c1-44(2)34-37-31-38(35-51-42(49)29-25-21-17-13-9-5-3-7-11-15-19-23-27-40(45)46)33-39(32-37)36-52-43(50)30-26-22-18-14-10-6-4-8-12-16-20-24-28-41(47)48/h31-33H,3-30,34-36H2,1-2H3,(H,45,46)(H,47,48). The molecule has 52 heavy (non-hydrogen) atoms. The number of aliphatic carboxylic acids is 2. The Hall–Kier alpha value is -2.94. The minimum atomic E-state index is -0.697. The van der Waals surface area contributed by atoms with Crippen LogP contribution in [0.5, 0.6) is 0 Å². The predicted octanol–water partition coefficient (Wildman–Crippen LogP) is 10.9. The number of carboxylic acid groups (broad SMARTS) is 2. The summed E-state index contributed by atoms with van der Waals surface area (Å²) >= 11 is 0. The first-order valence-corrected chi connectivity index (χ1v) is 20.7. The lowest BCUT2D eigenvalue weighted by molar-refractivity contribution is -0.145. The van der Waals surface area contributed by atoms with Gasteiger partial charge in [-0.1, -0.05) is 141 Å². The van der Waals surface area contributed by atoms with E-state index in [9.17, 15) is 19.2 Å². The molecule has 1 aromatic rings. The molecule has 0 spiro atoms. The van der Waals surface area contributed by atoms with E-state index in [0.29, 0.717) is 12.8 Å². The second-order valence-electron chi connectivity index (χ2n) is 15.0. The van der Waals surface area contributed by atoms with Gasteiger partial charge in [-0.15, -0.1) is 0 Å². The van der Waals surface area contributed by atoms with Gasteiger partial charge in [0.15, 0.2) is 0 Å². The smallest absolute Gasteiger partial charge is 0.306 e. The molecule has 2 N–H and O–H groups in total. The summed E-state index contributed by atoms with van der Waals surface area (Å²) in [4.78, 5) is 48.1. The number of benzene rings is 1. The minimum absolute atomic E-state index is 0.170. The van der Waals surface area contributed by atoms with Crippen molar-refractivity contribution in [3.63, 3.8) is 0 Å². The summed E-state index contributed by atoms with van der Waals surface area (Å²) in [6.45, 7) is 1.18. The number of hydrogen-bond donors (Lipinski definition) is 2. The fraction of sp³-hybridized carbons (Fsp3) is 0.767. The van der Waals surface area contributed by atoms with Crippen LogP contribution in [0.15, 0.2) is 18.2 Å². The van der Waals surface area contributed by atoms with E-state index in [4.69, 9.17) is 19.7 Å². The summed E-state index contributed by atoms with van der Waals surface area (Å²) in [5.41, 5.74) is 2.92. The first-order valence-electron chi connectivity index (χ1n) is 20.7. The third-order valence-electron chi connectivity index (χ3n) is 9.45. The summed E-state index contributed by atoms with van der Waals surface area (Å²) in [6, 6.07) is 6.09. The van der Waals surface area contributed by atoms with Crippen LogP contribution in [-0.2, 0) is 48.4 Å². The van der Waals surface area contributed by atoms with Gasteiger partial charge in [0, 0.05) is 32.2 Å². The van der Waals surface area contributed by atoms with Crippen molar-refractivity contribution in [3.8, 4) is 0 Å². The number of rotatable bonds is 36. The van der Waals surface area contributed by atoms with Crippen molar-refractivity contribution >= 4 is 23.9 Å². The highest BCUT2D eigenvalue weighted by molar-refractivity contribution is 5.69. The van der Waals surface area contributed by atoms with Crippen LogP contribution in [0, 0.1) is 0 Å². The maximum absolute atomic E-state index is 12.5. The van der Waals surface area contributed by atoms with Crippen LogP contribution in [0.4, 0.5) is 0 Å². The normalized spacial score (nSPS) is 11.2. The van der Waals surface area contributed by atoms with Crippen LogP contribution in [0.3, 0.4) is 0 Å². The Balaban J connectivity index is 2.17. The molecule has 0 aliphatic carbocycles. The van der Waals surface area contributed by atoms with Crippen LogP contribution in [0.2, 0.25) is 0 Å². The Morgan fingerprint density at radius 2 is 0.673 bits per heavy atom. The summed E-state index contributed by atoms with van der Waals surface area (Å²) in [5.74, 6) is -1.73. The molecule has 0 radical (unpaired) electrons. The monoisotopic (exact) mass is 732 g/mol. The molecule has 1 aromatic carbocycles. The van der Waals surface area contributed by atoms with Gasteiger partial charge in [-0.3, -0.25) is 19.2 Å². The van der Waals surface area contributed by atoms with Crippen molar-refractivity contribution in [1.82, 2.24) is 4.90 Å². The van der Waals surface area contributed by atoms with Crippen LogP contribution in [-0.4, -0.2) is 53.1 Å². The molecule has 0 aromatic heterocycles. The van der Waals surface area contributed by atoms with Crippen molar-refractivity contribution in [1.29, 1.82) is 0 Å². The largest absolute Gasteiger partial charge is 0.481 e. The molecule has 9 nitrogen and oxygen atoms in total. The first kappa shape index (κ1) is 47.1. The molecule has 0 bridgehead atoms. The van der Waals surface area contributed by atoms with E-state index >= 15 is 0 Å². The van der Waals surface area contributed by atoms with Crippen molar-refractivity contribution in [3.05, 3.63) is 34.9 Å². The van der Waals surface area contributed by atoms with E-state index in [0.717, 1.165) is 100 Å². The van der Waals surface area contributed by atoms with Crippen LogP contribution < -0.4 is 0 Å². The summed E-state index contributed by atoms with van der Waals surface area (Å²) in [7, 11) is 4.02. The van der Waals surface area contributed by atoms with Gasteiger partial charge >= 0.3 is 23.9 Å². The number of carboxylic acids is 2. The molecule has 0 aliphatic heterocycles. The molecule has 0 saturated carbocycles. The quantitative estimate of drug-likeness (QED) is 0.0511. The molecule has 0 unspecified atom stereocenters. The van der Waals surface area contributed by atoms with Gasteiger partial charge in [0.2, 0.25) is 0 Å². The second-order valence-corrected chi connectivity index (χ2v) is 15.0. The molecule has 298 valence electrons. The fourth-order valence-electron chi connectivity index (χ4n) is 6.56. The third-order valence-corrected chi connectivity index (χ3v) is 9.45. The average Bonchev–Trinajstić information content (AvgIpc) is 3.09. The number of esters is 2. The van der Waals surface area contributed by atoms with Crippen molar-refractivity contribution < 1.29 is 38.9 Å². The molecule has 0 amide bonds. The highest BCUT2D eigenvalue weighted by Crippen LogP contribution is 2.18. The number of carbonyl (C=O) groups excluding carboxylic acids is 2. The summed E-state index contributed by atoms with van der Waals surface area (Å²) in [5, 5.41) is 17.3. The Bertz CT molecular complexity index is 1010. The van der Waals surface area contributed by atoms with Crippen molar-refractivity contribution in [2.45, 2.75) is 200 Å². The zero-order chi connectivity index (χ0) is 38.1. The van der Waals surface area contributed by atoms with Crippen LogP contribution >= 0.6 is 0 Å². The number of ether oxygens (including phenoxy) is 2. The highest BCUT2D eigenvalue weighted by atomic mass is 16.5. The predicted molar refractivity (Wildman–Crippen MR) is 208 cm³/mol. The lowest BCUT2D eigenvalue weighted by atomic mass is 10.0. The molecule has 0 heterocycles. The first-order chi connectivity index (χ1) is 25.2. The van der Waals surface area contributed by atoms with E-state index < -0.39 is 11.9 Å². The van der Waals surface area contributed by atoms with Gasteiger partial charge < -0.3 is 24.6 Å². The van der Waals surface area contributed by atoms with Gasteiger partial charge in [0.1, 0.15) is 13.2 Å². The van der Waals surface area contributed by atoms with E-state index in [1.807, 2.05) is 20.2 Å². The second kappa shape index (κ2) is 32.7. The maximum atomic E-state index is 12.5. The molecular weight excluding hydrogens is 658 g/mol. The van der Waals surface area contributed by atoms with E-state index in [2.05, 4.69) is 17.0 Å². The SMILES string of the molecule is CN(C)Cc1cc(COC(=O)CCCCCCCCCCCCCCC(=O)O)cc(COC(=O)CCCCCCCCCCCCCCC(=O)O)c1. The molecule has 9 heteroatoms. The molecule has 0 saturated heterocycles. The Morgan fingerprint density at radius 3 is 0.942 bits per heavy atom. The molecule has 0 aliphatic rings. The Labute approximate surface area is 315 Å². The van der Waals surface area contributed by atoms with Gasteiger partial charge in [-0.05, 0) is 62.5 Å². The van der Waals surface area contributed by atoms with Gasteiger partial charge in [0.05, 0.1) is 0 Å². The minimum Gasteiger partial charge on any atom is -0.481 e. The van der Waals surface area contributed by atoms with Gasteiger partial charge in [-0.2, -0.15) is 0 Å². The summed E-state index contributed by atoms with van der Waals surface area (Å²) < 4.78 is 11.2. The van der Waals surface area contributed by atoms with E-state index in [-0.39, 0.29) is 38.0 Å². The number of hydrogen-bond acceptors (Lipinski definition) is 7. The van der Waals surface area contributed by atoms with Crippen molar-refractivity contribution in [2.24, 2.45) is 0 Å². The summed E-state index contributed by atoms with van der Waals surface area (Å²) in [6.07, 6.45) is 28.0. The number of nitrogens with zero attached hydrogens (tertiary/aromatic N) is 1. The lowest BCUT2D eigenvalue weighted by Gasteiger charge is -2.14. The zero-order valence-corrected chi connectivity index (χ0v) is 32.9. The number of carbonyl (C=O) groups is 4. The van der Waals surface area contributed by atoms with E-state index in [1.165, 1.54) is 77.0 Å².